The molecule has 3 nitrogen and oxygen atoms in total. The Hall–Kier alpha value is -1.13. The lowest BCUT2D eigenvalue weighted by Gasteiger charge is -2.15. The van der Waals surface area contributed by atoms with Gasteiger partial charge >= 0.3 is 0 Å². The van der Waals surface area contributed by atoms with Crippen LogP contribution in [0, 0.1) is 0 Å². The molecule has 0 spiro atoms. The number of carbonyl (C=O) groups is 1. The van der Waals surface area contributed by atoms with Gasteiger partial charge in [0.05, 0.1) is 16.8 Å². The largest absolute Gasteiger partial charge is 0.339 e. The quantitative estimate of drug-likeness (QED) is 0.602. The van der Waals surface area contributed by atoms with Crippen LogP contribution in [0.3, 0.4) is 0 Å². The molecule has 0 aliphatic carbocycles. The topological polar surface area (TPSA) is 33.2 Å². The molecule has 0 radical (unpaired) electrons. The molecule has 0 aliphatic heterocycles. The fourth-order valence-electron chi connectivity index (χ4n) is 1.84. The van der Waals surface area contributed by atoms with Crippen LogP contribution >= 0.6 is 22.9 Å². The SMILES string of the molecule is CN(Cc1nc2ccccc2s1)C(=O)CCCCCl. The summed E-state index contributed by atoms with van der Waals surface area (Å²) in [5.74, 6) is 0.777. The third-order valence-corrected chi connectivity index (χ3v) is 4.20. The molecular formula is C14H17ClN2OS. The summed E-state index contributed by atoms with van der Waals surface area (Å²) in [4.78, 5) is 18.2. The molecular weight excluding hydrogens is 280 g/mol. The highest BCUT2D eigenvalue weighted by atomic mass is 35.5. The number of halogens is 1. The number of fused-ring (bicyclic) bond motifs is 1. The van der Waals surface area contributed by atoms with Crippen molar-refractivity contribution in [2.24, 2.45) is 0 Å². The number of nitrogens with zero attached hydrogens (tertiary/aromatic N) is 2. The Labute approximate surface area is 122 Å². The number of carbonyl (C=O) groups excluding carboxylic acids is 1. The van der Waals surface area contributed by atoms with E-state index >= 15 is 0 Å². The smallest absolute Gasteiger partial charge is 0.222 e. The minimum Gasteiger partial charge on any atom is -0.339 e. The highest BCUT2D eigenvalue weighted by Gasteiger charge is 2.11. The number of hydrogen-bond donors (Lipinski definition) is 0. The van der Waals surface area contributed by atoms with Crippen LogP contribution in [0.1, 0.15) is 24.3 Å². The van der Waals surface area contributed by atoms with Crippen molar-refractivity contribution in [3.05, 3.63) is 29.3 Å². The van der Waals surface area contributed by atoms with E-state index in [1.54, 1.807) is 16.2 Å². The molecule has 0 unspecified atom stereocenters. The van der Waals surface area contributed by atoms with Crippen molar-refractivity contribution >= 4 is 39.1 Å². The van der Waals surface area contributed by atoms with Gasteiger partial charge in [-0.1, -0.05) is 12.1 Å². The molecule has 1 amide bonds. The van der Waals surface area contributed by atoms with Crippen LogP contribution in [0.15, 0.2) is 24.3 Å². The molecule has 0 saturated heterocycles. The number of hydrogen-bond acceptors (Lipinski definition) is 3. The number of rotatable bonds is 6. The average Bonchev–Trinajstić information content (AvgIpc) is 2.80. The summed E-state index contributed by atoms with van der Waals surface area (Å²) in [5.41, 5.74) is 1.01. The zero-order valence-corrected chi connectivity index (χ0v) is 12.5. The van der Waals surface area contributed by atoms with E-state index in [0.717, 1.165) is 23.4 Å². The molecule has 1 heterocycles. The first kappa shape index (κ1) is 14.3. The molecule has 2 aromatic rings. The first-order valence-corrected chi connectivity index (χ1v) is 7.70. The van der Waals surface area contributed by atoms with Crippen molar-refractivity contribution in [1.82, 2.24) is 9.88 Å². The van der Waals surface area contributed by atoms with Crippen LogP contribution in [-0.4, -0.2) is 28.7 Å². The van der Waals surface area contributed by atoms with Gasteiger partial charge in [-0.25, -0.2) is 4.98 Å². The van der Waals surface area contributed by atoms with E-state index in [2.05, 4.69) is 11.1 Å². The minimum atomic E-state index is 0.157. The monoisotopic (exact) mass is 296 g/mol. The van der Waals surface area contributed by atoms with Gasteiger partial charge in [-0.2, -0.15) is 0 Å². The molecule has 0 saturated carbocycles. The molecule has 19 heavy (non-hydrogen) atoms. The first-order chi connectivity index (χ1) is 9.20. The minimum absolute atomic E-state index is 0.157. The predicted molar refractivity (Wildman–Crippen MR) is 80.7 cm³/mol. The van der Waals surface area contributed by atoms with E-state index < -0.39 is 0 Å². The molecule has 1 aromatic heterocycles. The Morgan fingerprint density at radius 2 is 2.16 bits per heavy atom. The number of aromatic nitrogens is 1. The lowest BCUT2D eigenvalue weighted by Crippen LogP contribution is -2.25. The third kappa shape index (κ3) is 3.91. The summed E-state index contributed by atoms with van der Waals surface area (Å²) in [6.07, 6.45) is 2.31. The van der Waals surface area contributed by atoms with Crippen molar-refractivity contribution in [1.29, 1.82) is 0 Å². The zero-order valence-electron chi connectivity index (χ0n) is 10.9. The second kappa shape index (κ2) is 6.87. The van der Waals surface area contributed by atoms with Gasteiger partial charge in [-0.05, 0) is 25.0 Å². The van der Waals surface area contributed by atoms with Gasteiger partial charge in [-0.3, -0.25) is 4.79 Å². The first-order valence-electron chi connectivity index (χ1n) is 6.35. The summed E-state index contributed by atoms with van der Waals surface area (Å²) in [7, 11) is 1.83. The molecule has 0 aliphatic rings. The van der Waals surface area contributed by atoms with E-state index in [1.165, 1.54) is 4.70 Å². The Bertz CT molecular complexity index is 522. The van der Waals surface area contributed by atoms with Crippen molar-refractivity contribution in [3.8, 4) is 0 Å². The maximum absolute atomic E-state index is 11.9. The van der Waals surface area contributed by atoms with E-state index in [1.807, 2.05) is 25.2 Å². The van der Waals surface area contributed by atoms with Crippen molar-refractivity contribution < 1.29 is 4.79 Å². The highest BCUT2D eigenvalue weighted by molar-refractivity contribution is 7.18. The van der Waals surface area contributed by atoms with Crippen LogP contribution in [-0.2, 0) is 11.3 Å². The molecule has 2 rings (SSSR count). The lowest BCUT2D eigenvalue weighted by atomic mass is 10.2. The van der Waals surface area contributed by atoms with E-state index in [0.29, 0.717) is 18.8 Å². The van der Waals surface area contributed by atoms with Crippen molar-refractivity contribution in [2.75, 3.05) is 12.9 Å². The second-order valence-electron chi connectivity index (χ2n) is 4.47. The maximum Gasteiger partial charge on any atom is 0.222 e. The zero-order chi connectivity index (χ0) is 13.7. The van der Waals surface area contributed by atoms with Crippen LogP contribution in [0.5, 0.6) is 0 Å². The van der Waals surface area contributed by atoms with E-state index in [-0.39, 0.29) is 5.91 Å². The maximum atomic E-state index is 11.9. The number of amides is 1. The Kier molecular flexibility index (Phi) is 5.16. The van der Waals surface area contributed by atoms with Gasteiger partial charge in [-0.15, -0.1) is 22.9 Å². The second-order valence-corrected chi connectivity index (χ2v) is 5.96. The average molecular weight is 297 g/mol. The number of thiazole rings is 1. The van der Waals surface area contributed by atoms with E-state index in [4.69, 9.17) is 11.6 Å². The van der Waals surface area contributed by atoms with Gasteiger partial charge in [0.15, 0.2) is 0 Å². The standard InChI is InChI=1S/C14H17ClN2OS/c1-17(14(18)8-4-5-9-15)10-13-16-11-6-2-3-7-12(11)19-13/h2-3,6-7H,4-5,8-10H2,1H3. The van der Waals surface area contributed by atoms with E-state index in [9.17, 15) is 4.79 Å². The Balaban J connectivity index is 1.94. The van der Waals surface area contributed by atoms with Crippen LogP contribution in [0.4, 0.5) is 0 Å². The predicted octanol–water partition coefficient (Wildman–Crippen LogP) is 3.66. The summed E-state index contributed by atoms with van der Waals surface area (Å²) in [5, 5.41) is 0.981. The highest BCUT2D eigenvalue weighted by Crippen LogP contribution is 2.22. The number of alkyl halides is 1. The molecule has 0 N–H and O–H groups in total. The molecule has 0 bridgehead atoms. The molecule has 5 heteroatoms. The van der Waals surface area contributed by atoms with Gasteiger partial charge in [0.2, 0.25) is 5.91 Å². The molecule has 102 valence electrons. The Morgan fingerprint density at radius 1 is 1.37 bits per heavy atom. The van der Waals surface area contributed by atoms with Gasteiger partial charge in [0, 0.05) is 19.3 Å². The number of benzene rings is 1. The Morgan fingerprint density at radius 3 is 2.89 bits per heavy atom. The number of unbranched alkanes of at least 4 members (excludes halogenated alkanes) is 1. The van der Waals surface area contributed by atoms with Crippen molar-refractivity contribution in [3.63, 3.8) is 0 Å². The molecule has 0 fully saturated rings. The summed E-state index contributed by atoms with van der Waals surface area (Å²) < 4.78 is 1.17. The number of para-hydroxylation sites is 1. The molecule has 1 aromatic carbocycles. The van der Waals surface area contributed by atoms with Crippen LogP contribution < -0.4 is 0 Å². The normalized spacial score (nSPS) is 10.8. The van der Waals surface area contributed by atoms with Gasteiger partial charge in [0.25, 0.3) is 0 Å². The fourth-order valence-corrected chi connectivity index (χ4v) is 3.05. The van der Waals surface area contributed by atoms with Crippen LogP contribution in [0.2, 0.25) is 0 Å². The fraction of sp³-hybridized carbons (Fsp3) is 0.429. The third-order valence-electron chi connectivity index (χ3n) is 2.91. The lowest BCUT2D eigenvalue weighted by molar-refractivity contribution is -0.130. The summed E-state index contributed by atoms with van der Waals surface area (Å²) in [6.45, 7) is 0.582. The van der Waals surface area contributed by atoms with Gasteiger partial charge < -0.3 is 4.90 Å². The summed E-state index contributed by atoms with van der Waals surface area (Å²) >= 11 is 7.25. The summed E-state index contributed by atoms with van der Waals surface area (Å²) in [6, 6.07) is 8.04. The molecule has 0 atom stereocenters. The van der Waals surface area contributed by atoms with Gasteiger partial charge in [0.1, 0.15) is 5.01 Å². The van der Waals surface area contributed by atoms with Crippen molar-refractivity contribution in [2.45, 2.75) is 25.8 Å². The van der Waals surface area contributed by atoms with Crippen LogP contribution in [0.25, 0.3) is 10.2 Å².